The molecular formula is C24H37N3O6. The number of likely N-dealkylation sites (N-methyl/N-ethyl adjacent to an activating group) is 1. The summed E-state index contributed by atoms with van der Waals surface area (Å²) >= 11 is 0. The van der Waals surface area contributed by atoms with Crippen LogP contribution in [-0.4, -0.2) is 66.9 Å². The fourth-order valence-corrected chi connectivity index (χ4v) is 4.23. The first kappa shape index (κ1) is 26.6. The summed E-state index contributed by atoms with van der Waals surface area (Å²) in [5, 5.41) is 11.4. The molecule has 1 aromatic rings. The minimum Gasteiger partial charge on any atom is -0.480 e. The van der Waals surface area contributed by atoms with Gasteiger partial charge in [0.05, 0.1) is 0 Å². The van der Waals surface area contributed by atoms with E-state index in [0.29, 0.717) is 5.75 Å². The van der Waals surface area contributed by atoms with Crippen molar-refractivity contribution in [1.29, 1.82) is 0 Å². The summed E-state index contributed by atoms with van der Waals surface area (Å²) in [6.07, 6.45) is 3.58. The van der Waals surface area contributed by atoms with E-state index in [1.54, 1.807) is 19.9 Å². The molecule has 3 atom stereocenters. The molecule has 4 N–H and O–H groups in total. The number of carbonyl (C=O) groups is 3. The molecule has 0 bridgehead atoms. The Morgan fingerprint density at radius 3 is 2.64 bits per heavy atom. The first-order valence-corrected chi connectivity index (χ1v) is 11.5. The van der Waals surface area contributed by atoms with E-state index in [2.05, 4.69) is 30.3 Å². The number of amides is 1. The zero-order valence-corrected chi connectivity index (χ0v) is 20.0. The molecule has 33 heavy (non-hydrogen) atoms. The van der Waals surface area contributed by atoms with Crippen LogP contribution >= 0.6 is 0 Å². The zero-order chi connectivity index (χ0) is 24.6. The van der Waals surface area contributed by atoms with E-state index in [4.69, 9.17) is 20.3 Å². The van der Waals surface area contributed by atoms with Gasteiger partial charge in [0.1, 0.15) is 24.4 Å². The lowest BCUT2D eigenvalue weighted by Gasteiger charge is -2.35. The Morgan fingerprint density at radius 2 is 2.00 bits per heavy atom. The second-order valence-electron chi connectivity index (χ2n) is 9.19. The average Bonchev–Trinajstić information content (AvgIpc) is 2.97. The molecule has 1 fully saturated rings. The summed E-state index contributed by atoms with van der Waals surface area (Å²) in [6, 6.07) is 5.23. The molecule has 9 heteroatoms. The number of carboxylic acids is 1. The summed E-state index contributed by atoms with van der Waals surface area (Å²) in [7, 11) is 2.14. The molecule has 0 aliphatic carbocycles. The molecule has 184 valence electrons. The van der Waals surface area contributed by atoms with Crippen molar-refractivity contribution in [2.24, 2.45) is 11.7 Å². The second-order valence-corrected chi connectivity index (χ2v) is 9.19. The number of carbonyl (C=O) groups excluding carboxylic acids is 2. The van der Waals surface area contributed by atoms with Crippen LogP contribution in [0.3, 0.4) is 0 Å². The fraction of sp³-hybridized carbons (Fsp3) is 0.625. The van der Waals surface area contributed by atoms with Crippen molar-refractivity contribution in [1.82, 2.24) is 10.2 Å². The molecule has 1 amide bonds. The molecule has 9 nitrogen and oxygen atoms in total. The Bertz CT molecular complexity index is 830. The van der Waals surface area contributed by atoms with E-state index in [9.17, 15) is 14.4 Å². The van der Waals surface area contributed by atoms with E-state index >= 15 is 0 Å². The summed E-state index contributed by atoms with van der Waals surface area (Å²) in [6.45, 7) is 7.19. The first-order valence-electron chi connectivity index (χ1n) is 11.5. The number of hydrogen-bond donors (Lipinski definition) is 3. The van der Waals surface area contributed by atoms with Crippen molar-refractivity contribution in [3.63, 3.8) is 0 Å². The monoisotopic (exact) mass is 463 g/mol. The van der Waals surface area contributed by atoms with Crippen LogP contribution in [0.4, 0.5) is 4.79 Å². The van der Waals surface area contributed by atoms with Crippen molar-refractivity contribution < 1.29 is 29.0 Å². The van der Waals surface area contributed by atoms with Crippen LogP contribution in [0.15, 0.2) is 24.3 Å². The third-order valence-corrected chi connectivity index (χ3v) is 6.27. The van der Waals surface area contributed by atoms with Gasteiger partial charge in [-0.3, -0.25) is 4.79 Å². The van der Waals surface area contributed by atoms with Gasteiger partial charge in [-0.1, -0.05) is 39.3 Å². The van der Waals surface area contributed by atoms with Crippen molar-refractivity contribution in [3.05, 3.63) is 29.8 Å². The molecule has 0 radical (unpaired) electrons. The van der Waals surface area contributed by atoms with Crippen LogP contribution in [0.5, 0.6) is 5.75 Å². The van der Waals surface area contributed by atoms with Crippen molar-refractivity contribution in [3.8, 4) is 5.75 Å². The highest BCUT2D eigenvalue weighted by Crippen LogP contribution is 2.37. The number of nitrogens with two attached hydrogens (primary N) is 1. The van der Waals surface area contributed by atoms with Crippen LogP contribution in [-0.2, 0) is 19.7 Å². The average molecular weight is 464 g/mol. The van der Waals surface area contributed by atoms with Crippen molar-refractivity contribution >= 4 is 18.0 Å². The summed E-state index contributed by atoms with van der Waals surface area (Å²) < 4.78 is 10.5. The number of nitrogens with zero attached hydrogens (tertiary/aromatic N) is 1. The van der Waals surface area contributed by atoms with E-state index in [1.165, 1.54) is 6.42 Å². The van der Waals surface area contributed by atoms with Gasteiger partial charge in [0.15, 0.2) is 0 Å². The number of nitrogens with one attached hydrogen (secondary N) is 1. The van der Waals surface area contributed by atoms with Crippen LogP contribution in [0.2, 0.25) is 0 Å². The fourth-order valence-electron chi connectivity index (χ4n) is 4.23. The molecule has 1 aromatic carbocycles. The predicted octanol–water partition coefficient (Wildman–Crippen LogP) is 2.52. The highest BCUT2D eigenvalue weighted by Gasteiger charge is 2.33. The van der Waals surface area contributed by atoms with Gasteiger partial charge in [0.2, 0.25) is 0 Å². The third kappa shape index (κ3) is 7.43. The summed E-state index contributed by atoms with van der Waals surface area (Å²) in [5.41, 5.74) is 6.49. The standard InChI is InChI=1S/C24H37N3O6/c1-5-24(11-6-7-12-27(4)15-24)17-9-8-10-18(13-17)33-23(31)26-20(16(2)3)22(30)32-14-19(25)21(28)29/h8-10,13,16,19-20H,5-7,11-12,14-15,25H2,1-4H3,(H,26,31)(H,28,29)/t19-,20-,24?/m0/s1. The smallest absolute Gasteiger partial charge is 0.413 e. The van der Waals surface area contributed by atoms with Crippen molar-refractivity contribution in [2.45, 2.75) is 64.0 Å². The Labute approximate surface area is 195 Å². The number of hydrogen-bond acceptors (Lipinski definition) is 7. The maximum atomic E-state index is 12.6. The van der Waals surface area contributed by atoms with Crippen LogP contribution in [0.25, 0.3) is 0 Å². The summed E-state index contributed by atoms with van der Waals surface area (Å²) in [4.78, 5) is 38.1. The molecule has 0 aromatic heterocycles. The van der Waals surface area contributed by atoms with Crippen LogP contribution < -0.4 is 15.8 Å². The van der Waals surface area contributed by atoms with E-state index in [1.807, 2.05) is 12.1 Å². The highest BCUT2D eigenvalue weighted by molar-refractivity contribution is 5.82. The Morgan fingerprint density at radius 1 is 1.27 bits per heavy atom. The third-order valence-electron chi connectivity index (χ3n) is 6.27. The van der Waals surface area contributed by atoms with E-state index < -0.39 is 36.7 Å². The number of benzene rings is 1. The lowest BCUT2D eigenvalue weighted by atomic mass is 9.74. The van der Waals surface area contributed by atoms with Gasteiger partial charge in [-0.2, -0.15) is 0 Å². The topological polar surface area (TPSA) is 131 Å². The molecule has 2 rings (SSSR count). The molecule has 1 heterocycles. The number of ether oxygens (including phenoxy) is 2. The Balaban J connectivity index is 2.08. The summed E-state index contributed by atoms with van der Waals surface area (Å²) in [5.74, 6) is -1.95. The first-order chi connectivity index (χ1) is 15.6. The molecule has 1 unspecified atom stereocenters. The molecular weight excluding hydrogens is 426 g/mol. The quantitative estimate of drug-likeness (QED) is 0.476. The normalized spacial score (nSPS) is 21.0. The minimum absolute atomic E-state index is 0.00568. The largest absolute Gasteiger partial charge is 0.480 e. The van der Waals surface area contributed by atoms with E-state index in [-0.39, 0.29) is 11.3 Å². The molecule has 0 spiro atoms. The number of esters is 1. The number of aliphatic carboxylic acids is 1. The molecule has 0 saturated carbocycles. The van der Waals surface area contributed by atoms with Gasteiger partial charge >= 0.3 is 18.0 Å². The second kappa shape index (κ2) is 12.0. The van der Waals surface area contributed by atoms with E-state index in [0.717, 1.165) is 37.9 Å². The molecule has 1 aliphatic heterocycles. The number of carboxylic acid groups (broad SMARTS) is 1. The minimum atomic E-state index is -1.33. The van der Waals surface area contributed by atoms with Gasteiger partial charge in [0, 0.05) is 12.0 Å². The molecule has 1 saturated heterocycles. The lowest BCUT2D eigenvalue weighted by Crippen LogP contribution is -2.47. The Hall–Kier alpha value is -2.65. The number of rotatable bonds is 9. The maximum absolute atomic E-state index is 12.6. The maximum Gasteiger partial charge on any atom is 0.413 e. The highest BCUT2D eigenvalue weighted by atomic mass is 16.6. The van der Waals surface area contributed by atoms with Gasteiger partial charge in [-0.25, -0.2) is 9.59 Å². The number of likely N-dealkylation sites (tertiary alicyclic amines) is 1. The van der Waals surface area contributed by atoms with Gasteiger partial charge in [-0.15, -0.1) is 0 Å². The van der Waals surface area contributed by atoms with Crippen LogP contribution in [0.1, 0.15) is 52.0 Å². The zero-order valence-electron chi connectivity index (χ0n) is 20.0. The Kier molecular flexibility index (Phi) is 9.67. The van der Waals surface area contributed by atoms with Gasteiger partial charge < -0.3 is 30.5 Å². The predicted molar refractivity (Wildman–Crippen MR) is 124 cm³/mol. The van der Waals surface area contributed by atoms with Crippen LogP contribution in [0, 0.1) is 5.92 Å². The van der Waals surface area contributed by atoms with Crippen molar-refractivity contribution in [2.75, 3.05) is 26.7 Å². The molecule has 1 aliphatic rings. The van der Waals surface area contributed by atoms with Gasteiger partial charge in [0.25, 0.3) is 0 Å². The lowest BCUT2D eigenvalue weighted by molar-refractivity contribution is -0.150. The van der Waals surface area contributed by atoms with Gasteiger partial charge in [-0.05, 0) is 56.5 Å². The SMILES string of the molecule is CCC1(c2cccc(OC(=O)N[C@H](C(=O)OC[C@H](N)C(=O)O)C(C)C)c2)CCCCN(C)C1.